The third-order valence-corrected chi connectivity index (χ3v) is 6.52. The molecule has 192 valence electrons. The van der Waals surface area contributed by atoms with Crippen LogP contribution in [-0.4, -0.2) is 26.9 Å². The Bertz CT molecular complexity index is 1280. The summed E-state index contributed by atoms with van der Waals surface area (Å²) in [6, 6.07) is 14.4. The number of carbonyl (C=O) groups excluding carboxylic acids is 1. The smallest absolute Gasteiger partial charge is 0.427 e. The van der Waals surface area contributed by atoms with E-state index >= 15 is 0 Å². The van der Waals surface area contributed by atoms with Crippen LogP contribution in [0.5, 0.6) is 17.2 Å². The highest BCUT2D eigenvalue weighted by Crippen LogP contribution is 2.49. The molecule has 3 aromatic carbocycles. The number of carbonyl (C=O) groups is 1. The largest absolute Gasteiger partial charge is 0.430 e. The molecule has 0 aliphatic carbocycles. The van der Waals surface area contributed by atoms with Crippen molar-refractivity contribution in [3.63, 3.8) is 0 Å². The van der Waals surface area contributed by atoms with Gasteiger partial charge in [-0.1, -0.05) is 0 Å². The Kier molecular flexibility index (Phi) is 8.48. The highest BCUT2D eigenvalue weighted by Gasteiger charge is 2.29. The van der Waals surface area contributed by atoms with Crippen molar-refractivity contribution in [2.45, 2.75) is 12.8 Å². The van der Waals surface area contributed by atoms with Gasteiger partial charge in [0.05, 0.1) is 20.9 Å². The fraction of sp³-hybridized carbons (Fsp3) is 0.136. The minimum Gasteiger partial charge on any atom is -0.427 e. The molecule has 3 rings (SSSR count). The summed E-state index contributed by atoms with van der Waals surface area (Å²) in [5.41, 5.74) is -0.604. The second kappa shape index (κ2) is 11.7. The number of rotatable bonds is 12. The SMILES string of the molecule is O=C(CCCP(=O)(Oc1ccc([N+](=O)[O-])cc1)Oc1ccc([N+](=O)[O-])cc1)Oc1ccc([N+](=O)[O-])cc1. The van der Waals surface area contributed by atoms with E-state index in [0.717, 1.165) is 24.3 Å². The Morgan fingerprint density at radius 3 is 1.35 bits per heavy atom. The van der Waals surface area contributed by atoms with Crippen molar-refractivity contribution in [1.82, 2.24) is 0 Å². The molecule has 0 N–H and O–H groups in total. The lowest BCUT2D eigenvalue weighted by Crippen LogP contribution is -2.11. The maximum absolute atomic E-state index is 13.5. The third-order valence-electron chi connectivity index (χ3n) is 4.68. The average molecular weight is 531 g/mol. The molecule has 15 heteroatoms. The van der Waals surface area contributed by atoms with Crippen LogP contribution < -0.4 is 13.8 Å². The lowest BCUT2D eigenvalue weighted by molar-refractivity contribution is -0.385. The van der Waals surface area contributed by atoms with Crippen molar-refractivity contribution in [1.29, 1.82) is 0 Å². The first-order chi connectivity index (χ1) is 17.5. The Hall–Kier alpha value is -4.84. The van der Waals surface area contributed by atoms with E-state index in [0.29, 0.717) is 0 Å². The van der Waals surface area contributed by atoms with Gasteiger partial charge in [-0.2, -0.15) is 0 Å². The van der Waals surface area contributed by atoms with Gasteiger partial charge < -0.3 is 13.8 Å². The van der Waals surface area contributed by atoms with E-state index < -0.39 is 28.3 Å². The predicted octanol–water partition coefficient (Wildman–Crippen LogP) is 5.45. The second-order valence-electron chi connectivity index (χ2n) is 7.35. The molecule has 0 heterocycles. The minimum atomic E-state index is -4.02. The highest BCUT2D eigenvalue weighted by molar-refractivity contribution is 7.54. The van der Waals surface area contributed by atoms with E-state index in [1.807, 2.05) is 0 Å². The summed E-state index contributed by atoms with van der Waals surface area (Å²) in [6.07, 6.45) is -0.520. The zero-order valence-electron chi connectivity index (χ0n) is 18.8. The maximum Gasteiger partial charge on any atom is 0.430 e. The summed E-state index contributed by atoms with van der Waals surface area (Å²) in [5, 5.41) is 32.4. The van der Waals surface area contributed by atoms with Crippen LogP contribution in [-0.2, 0) is 9.36 Å². The number of nitro groups is 3. The number of ether oxygens (including phenoxy) is 1. The molecule has 0 aliphatic rings. The minimum absolute atomic E-state index is 0.00398. The molecule has 0 spiro atoms. The van der Waals surface area contributed by atoms with Crippen molar-refractivity contribution in [2.75, 3.05) is 6.16 Å². The monoisotopic (exact) mass is 531 g/mol. The van der Waals surface area contributed by atoms with Crippen LogP contribution in [0.1, 0.15) is 12.8 Å². The maximum atomic E-state index is 13.5. The average Bonchev–Trinajstić information content (AvgIpc) is 2.85. The Balaban J connectivity index is 1.68. The molecule has 0 radical (unpaired) electrons. The van der Waals surface area contributed by atoms with E-state index in [1.165, 1.54) is 48.5 Å². The normalized spacial score (nSPS) is 10.8. The first kappa shape index (κ1) is 26.8. The number of non-ortho nitro benzene ring substituents is 3. The van der Waals surface area contributed by atoms with E-state index in [2.05, 4.69) is 0 Å². The highest BCUT2D eigenvalue weighted by atomic mass is 31.2. The Morgan fingerprint density at radius 2 is 1.00 bits per heavy atom. The molecule has 14 nitrogen and oxygen atoms in total. The Labute approximate surface area is 208 Å². The lowest BCUT2D eigenvalue weighted by Gasteiger charge is -2.20. The topological polar surface area (TPSA) is 191 Å². The van der Waals surface area contributed by atoms with Gasteiger partial charge in [-0.3, -0.25) is 35.1 Å². The predicted molar refractivity (Wildman–Crippen MR) is 128 cm³/mol. The number of hydrogen-bond acceptors (Lipinski definition) is 11. The van der Waals surface area contributed by atoms with Crippen LogP contribution in [0.15, 0.2) is 72.8 Å². The molecule has 0 fully saturated rings. The summed E-state index contributed by atoms with van der Waals surface area (Å²) in [4.78, 5) is 42.8. The Morgan fingerprint density at radius 1 is 0.649 bits per heavy atom. The van der Waals surface area contributed by atoms with Crippen molar-refractivity contribution in [2.24, 2.45) is 0 Å². The summed E-state index contributed by atoms with van der Waals surface area (Å²) in [7, 11) is -4.02. The molecular formula is C22H18N3O11P. The van der Waals surface area contributed by atoms with Crippen molar-refractivity contribution in [3.8, 4) is 17.2 Å². The molecule has 0 aliphatic heterocycles. The zero-order valence-corrected chi connectivity index (χ0v) is 19.7. The van der Waals surface area contributed by atoms with Crippen LogP contribution in [0.4, 0.5) is 17.1 Å². The van der Waals surface area contributed by atoms with Crippen LogP contribution >= 0.6 is 7.60 Å². The molecule has 0 saturated heterocycles. The zero-order chi connectivity index (χ0) is 27.0. The van der Waals surface area contributed by atoms with Gasteiger partial charge in [-0.25, -0.2) is 4.57 Å². The fourth-order valence-corrected chi connectivity index (χ4v) is 4.58. The first-order valence-electron chi connectivity index (χ1n) is 10.5. The third kappa shape index (κ3) is 7.83. The fourth-order valence-electron chi connectivity index (χ4n) is 2.92. The first-order valence-corrected chi connectivity index (χ1v) is 12.2. The number of nitrogens with zero attached hydrogens (tertiary/aromatic N) is 3. The van der Waals surface area contributed by atoms with E-state index in [4.69, 9.17) is 13.8 Å². The number of benzene rings is 3. The van der Waals surface area contributed by atoms with E-state index in [9.17, 15) is 39.7 Å². The van der Waals surface area contributed by atoms with Crippen LogP contribution in [0.3, 0.4) is 0 Å². The molecule has 37 heavy (non-hydrogen) atoms. The summed E-state index contributed by atoms with van der Waals surface area (Å²) < 4.78 is 29.6. The van der Waals surface area contributed by atoms with Crippen LogP contribution in [0.25, 0.3) is 0 Å². The second-order valence-corrected chi connectivity index (χ2v) is 9.38. The summed E-state index contributed by atoms with van der Waals surface area (Å²) in [5.74, 6) is -0.609. The molecule has 0 saturated carbocycles. The number of esters is 1. The molecule has 0 atom stereocenters. The van der Waals surface area contributed by atoms with Gasteiger partial charge in [0.25, 0.3) is 17.1 Å². The van der Waals surface area contributed by atoms with Gasteiger partial charge in [0.15, 0.2) is 0 Å². The van der Waals surface area contributed by atoms with Crippen molar-refractivity contribution < 1.29 is 37.9 Å². The van der Waals surface area contributed by atoms with Gasteiger partial charge in [0.2, 0.25) is 0 Å². The van der Waals surface area contributed by atoms with E-state index in [1.54, 1.807) is 0 Å². The van der Waals surface area contributed by atoms with Gasteiger partial charge in [0.1, 0.15) is 17.2 Å². The molecular weight excluding hydrogens is 513 g/mol. The van der Waals surface area contributed by atoms with Gasteiger partial charge in [0, 0.05) is 42.8 Å². The summed E-state index contributed by atoms with van der Waals surface area (Å²) in [6.45, 7) is 0. The van der Waals surface area contributed by atoms with Crippen molar-refractivity contribution in [3.05, 3.63) is 103 Å². The molecule has 0 aromatic heterocycles. The van der Waals surface area contributed by atoms with Gasteiger partial charge in [-0.15, -0.1) is 0 Å². The van der Waals surface area contributed by atoms with Crippen molar-refractivity contribution >= 4 is 30.6 Å². The molecule has 0 amide bonds. The molecule has 3 aromatic rings. The van der Waals surface area contributed by atoms with Crippen LogP contribution in [0, 0.1) is 30.3 Å². The van der Waals surface area contributed by atoms with Crippen LogP contribution in [0.2, 0.25) is 0 Å². The molecule has 0 bridgehead atoms. The molecule has 0 unspecified atom stereocenters. The quantitative estimate of drug-likeness (QED) is 0.0949. The van der Waals surface area contributed by atoms with Gasteiger partial charge in [-0.05, 0) is 42.8 Å². The lowest BCUT2D eigenvalue weighted by atomic mass is 10.3. The number of nitro benzene ring substituents is 3. The standard InChI is InChI=1S/C22H18N3O11P/c26-22(34-19-9-3-16(4-10-19)23(27)28)2-1-15-37(33,35-20-11-5-17(6-12-20)24(29)30)36-21-13-7-18(8-14-21)25(31)32/h3-14H,1-2,15H2. The van der Waals surface area contributed by atoms with E-state index in [-0.39, 0.29) is 53.3 Å². The number of hydrogen-bond donors (Lipinski definition) is 0. The summed E-state index contributed by atoms with van der Waals surface area (Å²) >= 11 is 0. The van der Waals surface area contributed by atoms with Gasteiger partial charge >= 0.3 is 13.6 Å².